The Labute approximate surface area is 214 Å². The van der Waals surface area contributed by atoms with Gasteiger partial charge in [-0.25, -0.2) is 9.59 Å². The highest BCUT2D eigenvalue weighted by molar-refractivity contribution is 5.73. The first kappa shape index (κ1) is 29.0. The molecule has 2 aromatic rings. The summed E-state index contributed by atoms with van der Waals surface area (Å²) in [5.74, 6) is 0.898. The van der Waals surface area contributed by atoms with Crippen LogP contribution in [0.2, 0.25) is 0 Å². The molecule has 0 spiro atoms. The quantitative estimate of drug-likeness (QED) is 0.351. The Kier molecular flexibility index (Phi) is 12.1. The van der Waals surface area contributed by atoms with Gasteiger partial charge in [0.25, 0.3) is 0 Å². The molecule has 0 aliphatic carbocycles. The molecule has 2 rings (SSSR count). The molecule has 1 atom stereocenters. The van der Waals surface area contributed by atoms with E-state index in [9.17, 15) is 14.7 Å². The first-order chi connectivity index (χ1) is 17.3. The molecule has 1 amide bonds. The van der Waals surface area contributed by atoms with Crippen molar-refractivity contribution in [2.75, 3.05) is 33.4 Å². The van der Waals surface area contributed by atoms with Crippen molar-refractivity contribution in [3.8, 4) is 17.2 Å². The van der Waals surface area contributed by atoms with E-state index in [1.54, 1.807) is 43.2 Å². The van der Waals surface area contributed by atoms with Crippen LogP contribution in [0.4, 0.5) is 4.79 Å². The molecule has 2 aromatic carbocycles. The second-order valence-corrected chi connectivity index (χ2v) is 8.63. The summed E-state index contributed by atoms with van der Waals surface area (Å²) >= 11 is 0. The van der Waals surface area contributed by atoms with Crippen LogP contribution in [-0.2, 0) is 16.0 Å². The van der Waals surface area contributed by atoms with Gasteiger partial charge in [0.2, 0.25) is 0 Å². The third kappa shape index (κ3) is 9.07. The van der Waals surface area contributed by atoms with Gasteiger partial charge in [-0.2, -0.15) is 0 Å². The number of amides is 1. The topological polar surface area (TPSA) is 94.5 Å². The number of hydrogen-bond donors (Lipinski definition) is 1. The highest BCUT2D eigenvalue weighted by Gasteiger charge is 2.21. The smallest absolute Gasteiger partial charge is 0.415 e. The summed E-state index contributed by atoms with van der Waals surface area (Å²) in [4.78, 5) is 26.1. The van der Waals surface area contributed by atoms with Gasteiger partial charge in [-0.15, -0.1) is 0 Å². The van der Waals surface area contributed by atoms with Gasteiger partial charge in [0.05, 0.1) is 13.7 Å². The fourth-order valence-corrected chi connectivity index (χ4v) is 3.77. The highest BCUT2D eigenvalue weighted by atomic mass is 16.6. The zero-order valence-corrected chi connectivity index (χ0v) is 22.0. The Morgan fingerprint density at radius 2 is 1.69 bits per heavy atom. The zero-order valence-electron chi connectivity index (χ0n) is 22.0. The van der Waals surface area contributed by atoms with Crippen molar-refractivity contribution in [1.82, 2.24) is 4.90 Å². The van der Waals surface area contributed by atoms with Gasteiger partial charge in [-0.1, -0.05) is 44.9 Å². The van der Waals surface area contributed by atoms with Gasteiger partial charge in [0, 0.05) is 19.6 Å². The van der Waals surface area contributed by atoms with Crippen molar-refractivity contribution in [3.63, 3.8) is 0 Å². The fraction of sp³-hybridized carbons (Fsp3) is 0.500. The van der Waals surface area contributed by atoms with Crippen LogP contribution in [0.3, 0.4) is 0 Å². The van der Waals surface area contributed by atoms with Crippen LogP contribution in [0.15, 0.2) is 42.5 Å². The molecule has 0 aliphatic heterocycles. The largest absolute Gasteiger partial charge is 0.493 e. The van der Waals surface area contributed by atoms with Crippen LogP contribution < -0.4 is 14.2 Å². The summed E-state index contributed by atoms with van der Waals surface area (Å²) < 4.78 is 22.2. The average molecular weight is 502 g/mol. The molecule has 0 radical (unpaired) electrons. The number of carbonyl (C=O) groups is 2. The number of methoxy groups -OCH3 is 1. The number of benzene rings is 2. The number of carbonyl (C=O) groups excluding carboxylic acids is 1. The van der Waals surface area contributed by atoms with Gasteiger partial charge in [-0.05, 0) is 55.2 Å². The Morgan fingerprint density at radius 3 is 2.28 bits per heavy atom. The van der Waals surface area contributed by atoms with E-state index in [2.05, 4.69) is 13.8 Å². The van der Waals surface area contributed by atoms with E-state index in [-0.39, 0.29) is 13.0 Å². The minimum atomic E-state index is -0.982. The third-order valence-corrected chi connectivity index (χ3v) is 6.03. The molecule has 0 saturated heterocycles. The lowest BCUT2D eigenvalue weighted by Gasteiger charge is -2.26. The van der Waals surface area contributed by atoms with Crippen LogP contribution in [0.25, 0.3) is 0 Å². The van der Waals surface area contributed by atoms with E-state index in [4.69, 9.17) is 18.9 Å². The first-order valence-corrected chi connectivity index (χ1v) is 12.5. The molecule has 0 saturated carbocycles. The number of carboxylic acid groups (broad SMARTS) is 1. The molecule has 0 aliphatic rings. The maximum atomic E-state index is 13.1. The van der Waals surface area contributed by atoms with E-state index >= 15 is 0 Å². The van der Waals surface area contributed by atoms with E-state index in [1.807, 2.05) is 25.1 Å². The van der Waals surface area contributed by atoms with Crippen LogP contribution in [-0.4, -0.2) is 61.6 Å². The van der Waals surface area contributed by atoms with E-state index in [0.717, 1.165) is 24.0 Å². The minimum Gasteiger partial charge on any atom is -0.493 e. The van der Waals surface area contributed by atoms with Gasteiger partial charge in [0.15, 0.2) is 17.6 Å². The van der Waals surface area contributed by atoms with Crippen LogP contribution in [0.5, 0.6) is 17.2 Å². The van der Waals surface area contributed by atoms with E-state index in [0.29, 0.717) is 42.9 Å². The normalized spacial score (nSPS) is 11.7. The molecule has 8 heteroatoms. The summed E-state index contributed by atoms with van der Waals surface area (Å²) in [7, 11) is 1.54. The number of nitrogens with zero attached hydrogens (tertiary/aromatic N) is 1. The second-order valence-electron chi connectivity index (χ2n) is 8.63. The molecule has 1 N–H and O–H groups in total. The number of hydrogen-bond acceptors (Lipinski definition) is 6. The number of rotatable bonds is 15. The van der Waals surface area contributed by atoms with Crippen molar-refractivity contribution < 1.29 is 33.6 Å². The lowest BCUT2D eigenvalue weighted by atomic mass is 10.0. The highest BCUT2D eigenvalue weighted by Crippen LogP contribution is 2.28. The number of aryl methyl sites for hydroxylation is 1. The number of carboxylic acids is 1. The standard InChI is InChI=1S/C28H39NO7/c1-6-21(7-2)19-29(28(32)36-25-17-20(4)9-14-24(25)33-5)15-16-35-23-12-10-22(11-13-23)18-26(27(30)31)34-8-3/h9-14,17,21,26H,6-8,15-16,18-19H2,1-5H3,(H,30,31). The van der Waals surface area contributed by atoms with Crippen LogP contribution >= 0.6 is 0 Å². The Balaban J connectivity index is 2.02. The summed E-state index contributed by atoms with van der Waals surface area (Å²) in [6, 6.07) is 12.7. The molecule has 36 heavy (non-hydrogen) atoms. The molecule has 198 valence electrons. The van der Waals surface area contributed by atoms with Gasteiger partial charge >= 0.3 is 12.1 Å². The molecule has 0 heterocycles. The SMILES string of the molecule is CCOC(Cc1ccc(OCCN(CC(CC)CC)C(=O)Oc2cc(C)ccc2OC)cc1)C(=O)O. The van der Waals surface area contributed by atoms with Crippen molar-refractivity contribution in [1.29, 1.82) is 0 Å². The molecular weight excluding hydrogens is 462 g/mol. The van der Waals surface area contributed by atoms with Crippen LogP contribution in [0.1, 0.15) is 44.7 Å². The van der Waals surface area contributed by atoms with Crippen LogP contribution in [0, 0.1) is 12.8 Å². The lowest BCUT2D eigenvalue weighted by Crippen LogP contribution is -2.40. The van der Waals surface area contributed by atoms with Crippen molar-refractivity contribution in [2.45, 2.75) is 53.1 Å². The van der Waals surface area contributed by atoms with Crippen molar-refractivity contribution in [2.24, 2.45) is 5.92 Å². The monoisotopic (exact) mass is 501 g/mol. The first-order valence-electron chi connectivity index (χ1n) is 12.5. The fourth-order valence-electron chi connectivity index (χ4n) is 3.77. The maximum Gasteiger partial charge on any atom is 0.415 e. The van der Waals surface area contributed by atoms with Gasteiger partial charge in [0.1, 0.15) is 12.4 Å². The second kappa shape index (κ2) is 15.0. The maximum absolute atomic E-state index is 13.1. The third-order valence-electron chi connectivity index (χ3n) is 6.03. The Morgan fingerprint density at radius 1 is 1.00 bits per heavy atom. The Hall–Kier alpha value is -3.26. The summed E-state index contributed by atoms with van der Waals surface area (Å²) in [5.41, 5.74) is 1.81. The summed E-state index contributed by atoms with van der Waals surface area (Å²) in [6.07, 6.45) is 0.866. The lowest BCUT2D eigenvalue weighted by molar-refractivity contribution is -0.149. The van der Waals surface area contributed by atoms with E-state index < -0.39 is 18.2 Å². The number of ether oxygens (including phenoxy) is 4. The summed E-state index contributed by atoms with van der Waals surface area (Å²) in [6.45, 7) is 9.47. The molecular formula is C28H39NO7. The van der Waals surface area contributed by atoms with Gasteiger partial charge < -0.3 is 29.0 Å². The predicted octanol–water partition coefficient (Wildman–Crippen LogP) is 5.35. The number of aliphatic carboxylic acids is 1. The summed E-state index contributed by atoms with van der Waals surface area (Å²) in [5, 5.41) is 9.27. The van der Waals surface area contributed by atoms with Crippen molar-refractivity contribution in [3.05, 3.63) is 53.6 Å². The predicted molar refractivity (Wildman–Crippen MR) is 138 cm³/mol. The Bertz CT molecular complexity index is 957. The van der Waals surface area contributed by atoms with E-state index in [1.165, 1.54) is 0 Å². The van der Waals surface area contributed by atoms with Crippen molar-refractivity contribution >= 4 is 12.1 Å². The zero-order chi connectivity index (χ0) is 26.5. The minimum absolute atomic E-state index is 0.279. The molecule has 0 aromatic heterocycles. The molecule has 0 fully saturated rings. The average Bonchev–Trinajstić information content (AvgIpc) is 2.86. The van der Waals surface area contributed by atoms with Gasteiger partial charge in [-0.3, -0.25) is 0 Å². The molecule has 0 bridgehead atoms. The molecule has 8 nitrogen and oxygen atoms in total. The molecule has 1 unspecified atom stereocenters.